The van der Waals surface area contributed by atoms with Crippen LogP contribution in [0.2, 0.25) is 0 Å². The number of aromatic hydroxyl groups is 2. The van der Waals surface area contributed by atoms with Gasteiger partial charge < -0.3 is 20.4 Å². The quantitative estimate of drug-likeness (QED) is 0.584. The topological polar surface area (TPSA) is 98.0 Å². The number of phenols is 2. The van der Waals surface area contributed by atoms with E-state index in [-0.39, 0.29) is 23.5 Å². The smallest absolute Gasteiger partial charge is 0.335 e. The number of phenolic OH excluding ortho intramolecular Hbond substituents is 2. The highest BCUT2D eigenvalue weighted by Crippen LogP contribution is 2.26. The van der Waals surface area contributed by atoms with Gasteiger partial charge in [0.2, 0.25) is 0 Å². The van der Waals surface area contributed by atoms with E-state index in [4.69, 9.17) is 10.2 Å². The molecule has 15 heavy (non-hydrogen) atoms. The van der Waals surface area contributed by atoms with Gasteiger partial charge in [0.1, 0.15) is 11.5 Å². The lowest BCUT2D eigenvalue weighted by atomic mass is 9.96. The normalized spacial score (nSPS) is 14.5. The van der Waals surface area contributed by atoms with Crippen molar-refractivity contribution in [2.24, 2.45) is 0 Å². The van der Waals surface area contributed by atoms with Crippen LogP contribution in [-0.2, 0) is 11.2 Å². The summed E-state index contributed by atoms with van der Waals surface area (Å²) in [4.78, 5) is 10.6. The van der Waals surface area contributed by atoms with Crippen LogP contribution in [0.25, 0.3) is 0 Å². The van der Waals surface area contributed by atoms with E-state index in [2.05, 4.69) is 0 Å². The van der Waals surface area contributed by atoms with E-state index >= 15 is 0 Å². The van der Waals surface area contributed by atoms with Crippen molar-refractivity contribution < 1.29 is 25.2 Å². The van der Waals surface area contributed by atoms with Crippen molar-refractivity contribution in [3.8, 4) is 11.5 Å². The lowest BCUT2D eigenvalue weighted by Gasteiger charge is -2.18. The van der Waals surface area contributed by atoms with E-state index in [0.717, 1.165) is 13.0 Å². The van der Waals surface area contributed by atoms with Gasteiger partial charge in [-0.1, -0.05) is 6.07 Å². The maximum Gasteiger partial charge on any atom is 0.335 e. The maximum atomic E-state index is 10.6. The van der Waals surface area contributed by atoms with Crippen LogP contribution in [0.15, 0.2) is 18.2 Å². The molecule has 0 aliphatic carbocycles. The molecule has 1 unspecified atom stereocenters. The molecule has 0 heterocycles. The van der Waals surface area contributed by atoms with Crippen LogP contribution in [-0.4, -0.2) is 32.0 Å². The molecule has 5 nitrogen and oxygen atoms in total. The van der Waals surface area contributed by atoms with Gasteiger partial charge in [-0.3, -0.25) is 0 Å². The van der Waals surface area contributed by atoms with Crippen LogP contribution in [0.1, 0.15) is 12.5 Å². The van der Waals surface area contributed by atoms with Crippen LogP contribution in [0.4, 0.5) is 0 Å². The molecule has 0 aliphatic rings. The Kier molecular flexibility index (Phi) is 2.85. The van der Waals surface area contributed by atoms with Crippen LogP contribution < -0.4 is 0 Å². The number of carbonyl (C=O) groups is 1. The predicted molar refractivity (Wildman–Crippen MR) is 51.7 cm³/mol. The van der Waals surface area contributed by atoms with E-state index in [9.17, 15) is 15.0 Å². The van der Waals surface area contributed by atoms with Crippen LogP contribution in [0.5, 0.6) is 11.5 Å². The molecule has 0 saturated carbocycles. The molecule has 82 valence electrons. The minimum atomic E-state index is -1.94. The predicted octanol–water partition coefficient (Wildman–Crippen LogP) is 0.476. The van der Waals surface area contributed by atoms with Gasteiger partial charge in [0.15, 0.2) is 5.60 Å². The molecule has 0 radical (unpaired) electrons. The molecular formula is C10H12O5. The third-order valence-electron chi connectivity index (χ3n) is 2.06. The first kappa shape index (κ1) is 11.3. The van der Waals surface area contributed by atoms with Crippen molar-refractivity contribution in [2.45, 2.75) is 18.9 Å². The average molecular weight is 212 g/mol. The standard InChI is InChI=1S/C10H12O5/c1-10(15,9(13)14)5-6-2-3-7(11)4-8(6)12/h2-4,11-12,15H,5H2,1H3,(H,13,14). The summed E-state index contributed by atoms with van der Waals surface area (Å²) < 4.78 is 0. The van der Waals surface area contributed by atoms with E-state index in [1.807, 2.05) is 0 Å². The van der Waals surface area contributed by atoms with Gasteiger partial charge in [-0.05, 0) is 18.6 Å². The maximum absolute atomic E-state index is 10.6. The first-order valence-electron chi connectivity index (χ1n) is 4.29. The largest absolute Gasteiger partial charge is 0.508 e. The van der Waals surface area contributed by atoms with E-state index in [1.165, 1.54) is 12.1 Å². The van der Waals surface area contributed by atoms with Gasteiger partial charge >= 0.3 is 5.97 Å². The summed E-state index contributed by atoms with van der Waals surface area (Å²) >= 11 is 0. The van der Waals surface area contributed by atoms with Gasteiger partial charge in [0.05, 0.1) is 0 Å². The monoisotopic (exact) mass is 212 g/mol. The van der Waals surface area contributed by atoms with E-state index < -0.39 is 11.6 Å². The van der Waals surface area contributed by atoms with Gasteiger partial charge in [-0.2, -0.15) is 0 Å². The summed E-state index contributed by atoms with van der Waals surface area (Å²) in [6.07, 6.45) is -0.228. The van der Waals surface area contributed by atoms with Crippen molar-refractivity contribution in [2.75, 3.05) is 0 Å². The van der Waals surface area contributed by atoms with Crippen LogP contribution >= 0.6 is 0 Å². The number of hydrogen-bond acceptors (Lipinski definition) is 4. The molecule has 1 rings (SSSR count). The molecule has 0 aromatic heterocycles. The molecular weight excluding hydrogens is 200 g/mol. The molecule has 0 aliphatic heterocycles. The molecule has 0 amide bonds. The Labute approximate surface area is 86.2 Å². The zero-order valence-corrected chi connectivity index (χ0v) is 8.14. The Morgan fingerprint density at radius 2 is 2.00 bits per heavy atom. The highest BCUT2D eigenvalue weighted by atomic mass is 16.4. The fourth-order valence-corrected chi connectivity index (χ4v) is 1.15. The van der Waals surface area contributed by atoms with Crippen molar-refractivity contribution in [1.29, 1.82) is 0 Å². The zero-order chi connectivity index (χ0) is 11.6. The summed E-state index contributed by atoms with van der Waals surface area (Å²) in [5, 5.41) is 36.5. The molecule has 0 spiro atoms. The number of benzene rings is 1. The Morgan fingerprint density at radius 3 is 2.47 bits per heavy atom. The summed E-state index contributed by atoms with van der Waals surface area (Å²) in [5.41, 5.74) is -1.67. The van der Waals surface area contributed by atoms with Crippen molar-refractivity contribution in [3.63, 3.8) is 0 Å². The summed E-state index contributed by atoms with van der Waals surface area (Å²) in [6, 6.07) is 3.77. The second-order valence-corrected chi connectivity index (χ2v) is 3.57. The Bertz CT molecular complexity index is 383. The lowest BCUT2D eigenvalue weighted by Crippen LogP contribution is -2.37. The number of carboxylic acid groups (broad SMARTS) is 1. The Balaban J connectivity index is 2.95. The second kappa shape index (κ2) is 3.78. The van der Waals surface area contributed by atoms with Gasteiger partial charge in [-0.15, -0.1) is 0 Å². The fourth-order valence-electron chi connectivity index (χ4n) is 1.15. The SMILES string of the molecule is CC(O)(Cc1ccc(O)cc1O)C(=O)O. The Morgan fingerprint density at radius 1 is 1.40 bits per heavy atom. The number of aliphatic hydroxyl groups is 1. The highest BCUT2D eigenvalue weighted by molar-refractivity contribution is 5.77. The number of rotatable bonds is 3. The molecule has 4 N–H and O–H groups in total. The van der Waals surface area contributed by atoms with Crippen LogP contribution in [0.3, 0.4) is 0 Å². The highest BCUT2D eigenvalue weighted by Gasteiger charge is 2.30. The average Bonchev–Trinajstić information content (AvgIpc) is 2.09. The van der Waals surface area contributed by atoms with Crippen molar-refractivity contribution in [1.82, 2.24) is 0 Å². The Hall–Kier alpha value is -1.75. The molecule has 1 aromatic carbocycles. The van der Waals surface area contributed by atoms with Gasteiger partial charge in [-0.25, -0.2) is 4.79 Å². The van der Waals surface area contributed by atoms with Gasteiger partial charge in [0, 0.05) is 12.5 Å². The van der Waals surface area contributed by atoms with Crippen molar-refractivity contribution in [3.05, 3.63) is 23.8 Å². The third-order valence-corrected chi connectivity index (χ3v) is 2.06. The summed E-state index contributed by atoms with van der Waals surface area (Å²) in [6.45, 7) is 1.14. The van der Waals surface area contributed by atoms with Crippen molar-refractivity contribution >= 4 is 5.97 Å². The number of hydrogen-bond donors (Lipinski definition) is 4. The lowest BCUT2D eigenvalue weighted by molar-refractivity contribution is -0.156. The van der Waals surface area contributed by atoms with Crippen LogP contribution in [0, 0.1) is 0 Å². The summed E-state index contributed by atoms with van der Waals surface area (Å²) in [5.74, 6) is -1.72. The molecule has 0 bridgehead atoms. The van der Waals surface area contributed by atoms with E-state index in [0.29, 0.717) is 0 Å². The summed E-state index contributed by atoms with van der Waals surface area (Å²) in [7, 11) is 0. The second-order valence-electron chi connectivity index (χ2n) is 3.57. The van der Waals surface area contributed by atoms with Gasteiger partial charge in [0.25, 0.3) is 0 Å². The first-order chi connectivity index (χ1) is 6.83. The number of carboxylic acids is 1. The molecule has 1 aromatic rings. The fraction of sp³-hybridized carbons (Fsp3) is 0.300. The first-order valence-corrected chi connectivity index (χ1v) is 4.29. The minimum absolute atomic E-state index is 0.119. The number of aliphatic carboxylic acids is 1. The van der Waals surface area contributed by atoms with E-state index in [1.54, 1.807) is 0 Å². The minimum Gasteiger partial charge on any atom is -0.508 e. The molecule has 1 atom stereocenters. The zero-order valence-electron chi connectivity index (χ0n) is 8.14. The third kappa shape index (κ3) is 2.60. The molecule has 5 heteroatoms. The molecule has 0 saturated heterocycles. The molecule has 0 fully saturated rings.